The Bertz CT molecular complexity index is 788. The maximum absolute atomic E-state index is 12.6. The van der Waals surface area contributed by atoms with Gasteiger partial charge in [0, 0.05) is 12.6 Å². The predicted molar refractivity (Wildman–Crippen MR) is 103 cm³/mol. The summed E-state index contributed by atoms with van der Waals surface area (Å²) in [5.74, 6) is 5.21. The van der Waals surface area contributed by atoms with Crippen molar-refractivity contribution in [3.8, 4) is 11.6 Å². The Morgan fingerprint density at radius 1 is 1.22 bits per heavy atom. The molecule has 4 aliphatic rings. The van der Waals surface area contributed by atoms with E-state index in [2.05, 4.69) is 22.4 Å². The first kappa shape index (κ1) is 17.3. The van der Waals surface area contributed by atoms with Crippen molar-refractivity contribution in [3.05, 3.63) is 18.4 Å². The van der Waals surface area contributed by atoms with Gasteiger partial charge in [0.25, 0.3) is 0 Å². The highest BCUT2D eigenvalue weighted by Gasteiger charge is 2.48. The smallest absolute Gasteiger partial charge is 0.230 e. The van der Waals surface area contributed by atoms with Gasteiger partial charge in [0.15, 0.2) is 16.7 Å². The minimum absolute atomic E-state index is 0.127. The molecule has 0 spiro atoms. The van der Waals surface area contributed by atoms with Crippen LogP contribution in [-0.4, -0.2) is 32.5 Å². The van der Waals surface area contributed by atoms with E-state index >= 15 is 0 Å². The second-order valence-electron chi connectivity index (χ2n) is 8.34. The standard InChI is InChI=1S/C20H26N4O2S/c1-2-24-19(16-4-3-5-26-16)22-23-20(24)27-11-17(25)21-18-14-7-12-6-13(9-14)10-15(18)8-12/h3-5,12-15,18H,2,6-11H2,1H3,(H,21,25). The van der Waals surface area contributed by atoms with Gasteiger partial charge in [-0.15, -0.1) is 10.2 Å². The highest BCUT2D eigenvalue weighted by molar-refractivity contribution is 7.99. The van der Waals surface area contributed by atoms with Gasteiger partial charge in [-0.2, -0.15) is 0 Å². The van der Waals surface area contributed by atoms with E-state index in [0.717, 1.165) is 23.5 Å². The van der Waals surface area contributed by atoms with Crippen molar-refractivity contribution in [1.29, 1.82) is 0 Å². The lowest BCUT2D eigenvalue weighted by Gasteiger charge is -2.54. The normalized spacial score (nSPS) is 31.4. The van der Waals surface area contributed by atoms with Crippen LogP contribution in [0.15, 0.2) is 28.0 Å². The third kappa shape index (κ3) is 3.20. The largest absolute Gasteiger partial charge is 0.461 e. The highest BCUT2D eigenvalue weighted by Crippen LogP contribution is 2.53. The number of carbonyl (C=O) groups excluding carboxylic acids is 1. The van der Waals surface area contributed by atoms with Crippen LogP contribution in [0, 0.1) is 23.7 Å². The Balaban J connectivity index is 1.21. The van der Waals surface area contributed by atoms with Gasteiger partial charge < -0.3 is 9.73 Å². The summed E-state index contributed by atoms with van der Waals surface area (Å²) in [5.41, 5.74) is 0. The van der Waals surface area contributed by atoms with Gasteiger partial charge in [-0.05, 0) is 74.8 Å². The molecular weight excluding hydrogens is 360 g/mol. The molecular formula is C20H26N4O2S. The topological polar surface area (TPSA) is 73.0 Å². The van der Waals surface area contributed by atoms with E-state index in [0.29, 0.717) is 35.2 Å². The Hall–Kier alpha value is -1.76. The Kier molecular flexibility index (Phi) is 4.50. The fraction of sp³-hybridized carbons (Fsp3) is 0.650. The molecule has 2 heterocycles. The van der Waals surface area contributed by atoms with Crippen LogP contribution in [0.2, 0.25) is 0 Å². The molecule has 6 nitrogen and oxygen atoms in total. The maximum atomic E-state index is 12.6. The number of rotatable bonds is 6. The predicted octanol–water partition coefficient (Wildman–Crippen LogP) is 3.59. The molecule has 1 amide bonds. The Morgan fingerprint density at radius 2 is 1.96 bits per heavy atom. The summed E-state index contributed by atoms with van der Waals surface area (Å²) in [6.07, 6.45) is 8.36. The zero-order chi connectivity index (χ0) is 18.4. The molecule has 4 saturated carbocycles. The fourth-order valence-corrected chi connectivity index (χ4v) is 6.60. The van der Waals surface area contributed by atoms with Gasteiger partial charge in [-0.3, -0.25) is 9.36 Å². The molecule has 4 aliphatic carbocycles. The molecule has 144 valence electrons. The Morgan fingerprint density at radius 3 is 2.59 bits per heavy atom. The SMILES string of the molecule is CCn1c(SCC(=O)NC2C3CC4CC(C3)CC2C4)nnc1-c1ccco1. The van der Waals surface area contributed by atoms with Gasteiger partial charge in [-0.1, -0.05) is 11.8 Å². The van der Waals surface area contributed by atoms with E-state index in [1.54, 1.807) is 6.26 Å². The number of amides is 1. The maximum Gasteiger partial charge on any atom is 0.230 e. The summed E-state index contributed by atoms with van der Waals surface area (Å²) in [7, 11) is 0. The lowest BCUT2D eigenvalue weighted by molar-refractivity contribution is -0.122. The second kappa shape index (κ2) is 7.00. The molecule has 6 rings (SSSR count). The van der Waals surface area contributed by atoms with Crippen LogP contribution in [0.25, 0.3) is 11.6 Å². The van der Waals surface area contributed by atoms with Crippen LogP contribution in [0.5, 0.6) is 0 Å². The molecule has 0 radical (unpaired) electrons. The molecule has 27 heavy (non-hydrogen) atoms. The molecule has 1 N–H and O–H groups in total. The molecule has 7 heteroatoms. The van der Waals surface area contributed by atoms with E-state index in [1.165, 1.54) is 43.9 Å². The number of furan rings is 1. The van der Waals surface area contributed by atoms with Crippen molar-refractivity contribution in [1.82, 2.24) is 20.1 Å². The average Bonchev–Trinajstić information content (AvgIpc) is 3.31. The van der Waals surface area contributed by atoms with Crippen molar-refractivity contribution >= 4 is 17.7 Å². The molecule has 0 saturated heterocycles. The highest BCUT2D eigenvalue weighted by atomic mass is 32.2. The van der Waals surface area contributed by atoms with Gasteiger partial charge in [0.2, 0.25) is 5.91 Å². The number of carbonyl (C=O) groups is 1. The van der Waals surface area contributed by atoms with Gasteiger partial charge in [-0.25, -0.2) is 0 Å². The number of nitrogens with zero attached hydrogens (tertiary/aromatic N) is 3. The zero-order valence-corrected chi connectivity index (χ0v) is 16.5. The molecule has 0 unspecified atom stereocenters. The van der Waals surface area contributed by atoms with Gasteiger partial charge in [0.05, 0.1) is 12.0 Å². The van der Waals surface area contributed by atoms with E-state index < -0.39 is 0 Å². The van der Waals surface area contributed by atoms with Crippen LogP contribution < -0.4 is 5.32 Å². The van der Waals surface area contributed by atoms with Crippen LogP contribution in [0.3, 0.4) is 0 Å². The van der Waals surface area contributed by atoms with Crippen molar-refractivity contribution < 1.29 is 9.21 Å². The molecule has 0 atom stereocenters. The minimum Gasteiger partial charge on any atom is -0.461 e. The second-order valence-corrected chi connectivity index (χ2v) is 9.28. The van der Waals surface area contributed by atoms with Crippen LogP contribution in [-0.2, 0) is 11.3 Å². The van der Waals surface area contributed by atoms with Crippen LogP contribution in [0.4, 0.5) is 0 Å². The first-order valence-electron chi connectivity index (χ1n) is 10.1. The van der Waals surface area contributed by atoms with Crippen molar-refractivity contribution in [2.24, 2.45) is 23.7 Å². The number of hydrogen-bond acceptors (Lipinski definition) is 5. The van der Waals surface area contributed by atoms with E-state index in [1.807, 2.05) is 16.7 Å². The summed E-state index contributed by atoms with van der Waals surface area (Å²) in [6, 6.07) is 4.12. The van der Waals surface area contributed by atoms with Crippen LogP contribution >= 0.6 is 11.8 Å². The van der Waals surface area contributed by atoms with E-state index in [-0.39, 0.29) is 5.91 Å². The summed E-state index contributed by atoms with van der Waals surface area (Å²) < 4.78 is 7.44. The van der Waals surface area contributed by atoms with Crippen molar-refractivity contribution in [2.45, 2.75) is 56.8 Å². The average molecular weight is 387 g/mol. The summed E-state index contributed by atoms with van der Waals surface area (Å²) in [5, 5.41) is 12.7. The number of nitrogens with one attached hydrogen (secondary N) is 1. The number of aromatic nitrogens is 3. The van der Waals surface area contributed by atoms with Crippen molar-refractivity contribution in [2.75, 3.05) is 5.75 Å². The molecule has 4 fully saturated rings. The quantitative estimate of drug-likeness (QED) is 0.768. The number of thioether (sulfide) groups is 1. The third-order valence-electron chi connectivity index (χ3n) is 6.66. The lowest BCUT2D eigenvalue weighted by atomic mass is 9.54. The molecule has 2 aromatic rings. The molecule has 2 aromatic heterocycles. The molecule has 0 aromatic carbocycles. The van der Waals surface area contributed by atoms with Crippen molar-refractivity contribution in [3.63, 3.8) is 0 Å². The zero-order valence-electron chi connectivity index (χ0n) is 15.6. The van der Waals surface area contributed by atoms with Crippen LogP contribution in [0.1, 0.15) is 39.0 Å². The summed E-state index contributed by atoms with van der Waals surface area (Å²) >= 11 is 1.46. The molecule has 4 bridgehead atoms. The first-order valence-corrected chi connectivity index (χ1v) is 11.1. The number of hydrogen-bond donors (Lipinski definition) is 1. The summed E-state index contributed by atoms with van der Waals surface area (Å²) in [4.78, 5) is 12.6. The minimum atomic E-state index is 0.127. The molecule has 0 aliphatic heterocycles. The fourth-order valence-electron chi connectivity index (χ4n) is 5.79. The first-order chi connectivity index (χ1) is 13.2. The van der Waals surface area contributed by atoms with E-state index in [9.17, 15) is 4.79 Å². The third-order valence-corrected chi connectivity index (χ3v) is 7.63. The Labute approximate surface area is 163 Å². The van der Waals surface area contributed by atoms with Gasteiger partial charge >= 0.3 is 0 Å². The lowest BCUT2D eigenvalue weighted by Crippen LogP contribution is -2.56. The summed E-state index contributed by atoms with van der Waals surface area (Å²) in [6.45, 7) is 2.79. The monoisotopic (exact) mass is 386 g/mol. The van der Waals surface area contributed by atoms with E-state index in [4.69, 9.17) is 4.42 Å². The van der Waals surface area contributed by atoms with Gasteiger partial charge in [0.1, 0.15) is 0 Å².